The van der Waals surface area contributed by atoms with Crippen LogP contribution in [0.4, 0.5) is 0 Å². The molecule has 376 valence electrons. The number of rotatable bonds is 41. The normalized spacial score (nSPS) is 21.9. The summed E-state index contributed by atoms with van der Waals surface area (Å²) in [5.74, 6) is -1.14. The van der Waals surface area contributed by atoms with Crippen molar-refractivity contribution < 1.29 is 63.1 Å². The van der Waals surface area contributed by atoms with Crippen molar-refractivity contribution in [3.05, 3.63) is 60.8 Å². The van der Waals surface area contributed by atoms with Gasteiger partial charge in [0.05, 0.1) is 6.61 Å². The summed E-state index contributed by atoms with van der Waals surface area (Å²) in [6, 6.07) is 0. The lowest BCUT2D eigenvalue weighted by Gasteiger charge is -2.41. The molecule has 1 saturated carbocycles. The summed E-state index contributed by atoms with van der Waals surface area (Å²) in [5, 5.41) is 50.2. The summed E-state index contributed by atoms with van der Waals surface area (Å²) < 4.78 is 33.6. The maximum Gasteiger partial charge on any atom is 0.472 e. The van der Waals surface area contributed by atoms with Gasteiger partial charge in [-0.25, -0.2) is 4.57 Å². The number of aliphatic hydroxyl groups is 5. The lowest BCUT2D eigenvalue weighted by molar-refractivity contribution is -0.220. The maximum absolute atomic E-state index is 12.8. The van der Waals surface area contributed by atoms with Crippen LogP contribution in [0.5, 0.6) is 0 Å². The minimum atomic E-state index is -5.13. The van der Waals surface area contributed by atoms with E-state index in [1.54, 1.807) is 0 Å². The Morgan fingerprint density at radius 3 is 1.35 bits per heavy atom. The predicted molar refractivity (Wildman–Crippen MR) is 258 cm³/mol. The predicted octanol–water partition coefficient (Wildman–Crippen LogP) is 10.5. The topological polar surface area (TPSA) is 210 Å². The third-order valence-corrected chi connectivity index (χ3v) is 12.3. The monoisotopic (exact) mass is 941 g/mol. The molecule has 65 heavy (non-hydrogen) atoms. The molecule has 0 saturated heterocycles. The first-order valence-electron chi connectivity index (χ1n) is 25.1. The van der Waals surface area contributed by atoms with Gasteiger partial charge in [0.25, 0.3) is 0 Å². The number of carbonyl (C=O) groups excluding carboxylic acids is 2. The van der Waals surface area contributed by atoms with Crippen molar-refractivity contribution in [2.75, 3.05) is 13.2 Å². The third-order valence-electron chi connectivity index (χ3n) is 11.3. The molecule has 0 aromatic heterocycles. The lowest BCUT2D eigenvalue weighted by atomic mass is 9.85. The van der Waals surface area contributed by atoms with E-state index in [0.29, 0.717) is 12.8 Å². The standard InChI is InChI=1S/C51H89O13P/c1-3-5-7-9-11-13-15-17-19-21-22-24-25-27-29-31-33-35-37-39-44(52)61-41-43(42-62-65(59,60)64-51-49(57)47(55)46(54)48(56)50(51)58)63-45(53)40-38-36-34-32-30-28-26-23-20-18-16-14-12-10-8-6-4-2/h8,10,14,16-17,19-20,23,28,30,43,46-51,54-58H,3-7,9,11-13,15,18,21-22,24-27,29,31-42H2,1-2H3,(H,59,60)/b10-8+,16-14+,19-17+,23-20+,30-28+/t43-,46?,47-,48?,49?,50?,51?/m0/s1. The van der Waals surface area contributed by atoms with Crippen LogP contribution in [0.15, 0.2) is 60.8 Å². The van der Waals surface area contributed by atoms with Crippen LogP contribution in [0.2, 0.25) is 0 Å². The van der Waals surface area contributed by atoms with E-state index in [9.17, 15) is 44.6 Å². The number of unbranched alkanes of at least 4 members (excludes halogenated alkanes) is 19. The zero-order valence-corrected chi connectivity index (χ0v) is 40.9. The highest BCUT2D eigenvalue weighted by Crippen LogP contribution is 2.47. The molecular weight excluding hydrogens is 852 g/mol. The fraction of sp³-hybridized carbons (Fsp3) is 0.765. The van der Waals surface area contributed by atoms with Crippen LogP contribution in [-0.4, -0.2) is 98.3 Å². The van der Waals surface area contributed by atoms with Crippen molar-refractivity contribution in [2.45, 2.75) is 236 Å². The summed E-state index contributed by atoms with van der Waals surface area (Å²) in [6.07, 6.45) is 36.9. The summed E-state index contributed by atoms with van der Waals surface area (Å²) in [4.78, 5) is 35.8. The van der Waals surface area contributed by atoms with E-state index in [-0.39, 0.29) is 12.8 Å². The Hall–Kier alpha value is -2.45. The average Bonchev–Trinajstić information content (AvgIpc) is 3.29. The molecule has 6 unspecified atom stereocenters. The van der Waals surface area contributed by atoms with Crippen LogP contribution in [0.1, 0.15) is 194 Å². The molecule has 0 aliphatic heterocycles. The van der Waals surface area contributed by atoms with E-state index in [0.717, 1.165) is 77.0 Å². The second-order valence-electron chi connectivity index (χ2n) is 17.3. The van der Waals surface area contributed by atoms with Crippen molar-refractivity contribution >= 4 is 19.8 Å². The first-order chi connectivity index (χ1) is 31.4. The smallest absolute Gasteiger partial charge is 0.462 e. The fourth-order valence-electron chi connectivity index (χ4n) is 7.27. The molecule has 1 rings (SSSR count). The van der Waals surface area contributed by atoms with Gasteiger partial charge < -0.3 is 39.9 Å². The Bertz CT molecular complexity index is 1370. The molecule has 1 aliphatic carbocycles. The van der Waals surface area contributed by atoms with Crippen LogP contribution in [0, 0.1) is 0 Å². The summed E-state index contributed by atoms with van der Waals surface area (Å²) in [6.45, 7) is 3.21. The minimum absolute atomic E-state index is 0.0569. The first kappa shape index (κ1) is 60.6. The van der Waals surface area contributed by atoms with E-state index in [2.05, 4.69) is 74.6 Å². The zero-order chi connectivity index (χ0) is 47.8. The number of ether oxygens (including phenoxy) is 2. The molecule has 1 aliphatic rings. The van der Waals surface area contributed by atoms with E-state index in [1.807, 2.05) is 0 Å². The highest BCUT2D eigenvalue weighted by molar-refractivity contribution is 7.47. The number of allylic oxidation sites excluding steroid dienone is 10. The third kappa shape index (κ3) is 32.8. The number of hydrogen-bond donors (Lipinski definition) is 6. The van der Waals surface area contributed by atoms with E-state index >= 15 is 0 Å². The molecule has 0 heterocycles. The zero-order valence-electron chi connectivity index (χ0n) is 40.0. The SMILES string of the molecule is CCC/C=C/C/C=C/C/C=C/C/C=C/CCCCCC(=O)O[C@@H](COC(=O)CCCCCCCCCCC/C=C/CCCCCCCC)COP(=O)(O)OC1C(O)C(O)C(O)[C@H](O)C1O. The van der Waals surface area contributed by atoms with Gasteiger partial charge in [0.15, 0.2) is 6.10 Å². The van der Waals surface area contributed by atoms with E-state index in [4.69, 9.17) is 18.5 Å². The highest BCUT2D eigenvalue weighted by Gasteiger charge is 2.51. The largest absolute Gasteiger partial charge is 0.472 e. The average molecular weight is 941 g/mol. The second kappa shape index (κ2) is 40.6. The maximum atomic E-state index is 12.8. The fourth-order valence-corrected chi connectivity index (χ4v) is 8.25. The van der Waals surface area contributed by atoms with Crippen molar-refractivity contribution in [1.82, 2.24) is 0 Å². The van der Waals surface area contributed by atoms with Gasteiger partial charge in [0.1, 0.15) is 43.2 Å². The number of aliphatic hydroxyl groups excluding tert-OH is 5. The van der Waals surface area contributed by atoms with Crippen LogP contribution in [0.25, 0.3) is 0 Å². The number of phosphoric acid groups is 1. The molecule has 1 fully saturated rings. The second-order valence-corrected chi connectivity index (χ2v) is 18.7. The van der Waals surface area contributed by atoms with Gasteiger partial charge in [-0.15, -0.1) is 0 Å². The molecule has 0 amide bonds. The molecule has 0 aromatic carbocycles. The number of carbonyl (C=O) groups is 2. The Balaban J connectivity index is 2.44. The Morgan fingerprint density at radius 2 is 0.862 bits per heavy atom. The van der Waals surface area contributed by atoms with Crippen LogP contribution >= 0.6 is 7.82 Å². The van der Waals surface area contributed by atoms with E-state index in [1.165, 1.54) is 77.0 Å². The van der Waals surface area contributed by atoms with Crippen molar-refractivity contribution in [3.63, 3.8) is 0 Å². The number of hydrogen-bond acceptors (Lipinski definition) is 12. The lowest BCUT2D eigenvalue weighted by Crippen LogP contribution is -2.64. The van der Waals surface area contributed by atoms with Gasteiger partial charge in [-0.05, 0) is 77.0 Å². The summed E-state index contributed by atoms with van der Waals surface area (Å²) in [7, 11) is -5.13. The highest BCUT2D eigenvalue weighted by atomic mass is 31.2. The first-order valence-corrected chi connectivity index (χ1v) is 26.6. The molecule has 0 aromatic rings. The van der Waals surface area contributed by atoms with Crippen LogP contribution in [-0.2, 0) is 32.7 Å². The Labute approximate surface area is 392 Å². The van der Waals surface area contributed by atoms with Crippen molar-refractivity contribution in [3.8, 4) is 0 Å². The molecule has 6 N–H and O–H groups in total. The van der Waals surface area contributed by atoms with Gasteiger partial charge in [0.2, 0.25) is 0 Å². The van der Waals surface area contributed by atoms with Gasteiger partial charge in [-0.3, -0.25) is 18.6 Å². The van der Waals surface area contributed by atoms with Gasteiger partial charge >= 0.3 is 19.8 Å². The molecule has 8 atom stereocenters. The summed E-state index contributed by atoms with van der Waals surface area (Å²) in [5.41, 5.74) is 0. The van der Waals surface area contributed by atoms with Crippen LogP contribution < -0.4 is 0 Å². The van der Waals surface area contributed by atoms with E-state index < -0.39 is 75.7 Å². The Morgan fingerprint density at radius 1 is 0.477 bits per heavy atom. The number of esters is 2. The molecular formula is C51H89O13P. The van der Waals surface area contributed by atoms with Gasteiger partial charge in [0, 0.05) is 12.8 Å². The van der Waals surface area contributed by atoms with Crippen LogP contribution in [0.3, 0.4) is 0 Å². The van der Waals surface area contributed by atoms with Gasteiger partial charge in [-0.1, -0.05) is 164 Å². The van der Waals surface area contributed by atoms with Crippen molar-refractivity contribution in [1.29, 1.82) is 0 Å². The van der Waals surface area contributed by atoms with Crippen molar-refractivity contribution in [2.24, 2.45) is 0 Å². The molecule has 13 nitrogen and oxygen atoms in total. The molecule has 0 bridgehead atoms. The summed E-state index contributed by atoms with van der Waals surface area (Å²) >= 11 is 0. The molecule has 0 radical (unpaired) electrons. The quantitative estimate of drug-likeness (QED) is 0.0146. The molecule has 0 spiro atoms. The molecule has 14 heteroatoms. The Kier molecular flexibility index (Phi) is 37.8. The number of phosphoric ester groups is 1. The minimum Gasteiger partial charge on any atom is -0.462 e. The van der Waals surface area contributed by atoms with Gasteiger partial charge in [-0.2, -0.15) is 0 Å².